The van der Waals surface area contributed by atoms with Gasteiger partial charge in [0.1, 0.15) is 0 Å². The molecule has 2 N–H and O–H groups in total. The molecule has 142 valence electrons. The maximum atomic E-state index is 12.6. The van der Waals surface area contributed by atoms with Crippen molar-refractivity contribution in [3.05, 3.63) is 53.6 Å². The summed E-state index contributed by atoms with van der Waals surface area (Å²) in [7, 11) is 3.16. The highest BCUT2D eigenvalue weighted by Gasteiger charge is 2.29. The van der Waals surface area contributed by atoms with Crippen molar-refractivity contribution < 1.29 is 19.1 Å². The van der Waals surface area contributed by atoms with Gasteiger partial charge in [0.05, 0.1) is 20.3 Å². The fourth-order valence-corrected chi connectivity index (χ4v) is 2.81. The fraction of sp³-hybridized carbons (Fsp3) is 0.333. The molecule has 0 bridgehead atoms. The SMILES string of the molecule is COc1ccc(C(C)NC(=O)c2cccc(NC(=O)C3CC3)c2)cc1OC. The van der Waals surface area contributed by atoms with Gasteiger partial charge < -0.3 is 20.1 Å². The summed E-state index contributed by atoms with van der Waals surface area (Å²) in [6, 6.07) is 12.3. The smallest absolute Gasteiger partial charge is 0.251 e. The molecule has 0 spiro atoms. The average Bonchev–Trinajstić information content (AvgIpc) is 3.53. The molecule has 1 unspecified atom stereocenters. The Morgan fingerprint density at radius 1 is 1.04 bits per heavy atom. The lowest BCUT2D eigenvalue weighted by molar-refractivity contribution is -0.117. The summed E-state index contributed by atoms with van der Waals surface area (Å²) in [6.45, 7) is 1.90. The quantitative estimate of drug-likeness (QED) is 0.784. The first kappa shape index (κ1) is 18.8. The summed E-state index contributed by atoms with van der Waals surface area (Å²) in [5, 5.41) is 5.83. The Labute approximate surface area is 158 Å². The number of ether oxygens (including phenoxy) is 2. The normalized spacial score (nSPS) is 14.2. The van der Waals surface area contributed by atoms with Gasteiger partial charge in [-0.2, -0.15) is 0 Å². The number of anilines is 1. The first-order valence-electron chi connectivity index (χ1n) is 8.95. The molecule has 2 aromatic rings. The third-order valence-corrected chi connectivity index (χ3v) is 4.60. The van der Waals surface area contributed by atoms with Crippen LogP contribution in [-0.2, 0) is 4.79 Å². The van der Waals surface area contributed by atoms with Crippen LogP contribution >= 0.6 is 0 Å². The number of hydrogen-bond donors (Lipinski definition) is 2. The topological polar surface area (TPSA) is 76.7 Å². The second-order valence-electron chi connectivity index (χ2n) is 6.65. The molecule has 0 saturated heterocycles. The van der Waals surface area contributed by atoms with Crippen LogP contribution in [0.2, 0.25) is 0 Å². The van der Waals surface area contributed by atoms with Crippen molar-refractivity contribution in [1.82, 2.24) is 5.32 Å². The minimum atomic E-state index is -0.220. The van der Waals surface area contributed by atoms with Crippen LogP contribution in [0.3, 0.4) is 0 Å². The predicted octanol–water partition coefficient (Wildman–Crippen LogP) is 3.54. The van der Waals surface area contributed by atoms with Gasteiger partial charge in [-0.1, -0.05) is 12.1 Å². The van der Waals surface area contributed by atoms with E-state index in [1.807, 2.05) is 25.1 Å². The van der Waals surface area contributed by atoms with Crippen molar-refractivity contribution in [1.29, 1.82) is 0 Å². The molecular weight excluding hydrogens is 344 g/mol. The molecule has 3 rings (SSSR count). The van der Waals surface area contributed by atoms with Crippen LogP contribution in [0.25, 0.3) is 0 Å². The minimum Gasteiger partial charge on any atom is -0.493 e. The van der Waals surface area contributed by atoms with Crippen LogP contribution in [0.15, 0.2) is 42.5 Å². The van der Waals surface area contributed by atoms with Crippen LogP contribution in [0.4, 0.5) is 5.69 Å². The van der Waals surface area contributed by atoms with E-state index >= 15 is 0 Å². The Bertz CT molecular complexity index is 846. The molecule has 0 aromatic heterocycles. The van der Waals surface area contributed by atoms with Gasteiger partial charge in [-0.15, -0.1) is 0 Å². The van der Waals surface area contributed by atoms with E-state index in [4.69, 9.17) is 9.47 Å². The van der Waals surface area contributed by atoms with E-state index in [-0.39, 0.29) is 23.8 Å². The van der Waals surface area contributed by atoms with Gasteiger partial charge in [0.2, 0.25) is 5.91 Å². The third-order valence-electron chi connectivity index (χ3n) is 4.60. The van der Waals surface area contributed by atoms with Gasteiger partial charge in [0, 0.05) is 17.2 Å². The Hall–Kier alpha value is -3.02. The van der Waals surface area contributed by atoms with Gasteiger partial charge >= 0.3 is 0 Å². The lowest BCUT2D eigenvalue weighted by Gasteiger charge is -2.17. The van der Waals surface area contributed by atoms with Crippen molar-refractivity contribution in [3.63, 3.8) is 0 Å². The molecular formula is C21H24N2O4. The largest absolute Gasteiger partial charge is 0.493 e. The van der Waals surface area contributed by atoms with Crippen molar-refractivity contribution in [2.45, 2.75) is 25.8 Å². The second kappa shape index (κ2) is 8.12. The molecule has 1 aliphatic rings. The van der Waals surface area contributed by atoms with Crippen molar-refractivity contribution >= 4 is 17.5 Å². The Balaban J connectivity index is 1.68. The first-order valence-corrected chi connectivity index (χ1v) is 8.95. The van der Waals surface area contributed by atoms with Crippen molar-refractivity contribution in [3.8, 4) is 11.5 Å². The number of amides is 2. The van der Waals surface area contributed by atoms with E-state index in [0.717, 1.165) is 18.4 Å². The molecule has 6 nitrogen and oxygen atoms in total. The average molecular weight is 368 g/mol. The minimum absolute atomic E-state index is 0.0197. The molecule has 0 heterocycles. The molecule has 6 heteroatoms. The zero-order valence-electron chi connectivity index (χ0n) is 15.7. The summed E-state index contributed by atoms with van der Waals surface area (Å²) in [4.78, 5) is 24.5. The fourth-order valence-electron chi connectivity index (χ4n) is 2.81. The molecule has 1 fully saturated rings. The third kappa shape index (κ3) is 4.58. The Kier molecular flexibility index (Phi) is 5.64. The van der Waals surface area contributed by atoms with Crippen molar-refractivity contribution in [2.75, 3.05) is 19.5 Å². The number of rotatable bonds is 7. The molecule has 2 amide bonds. The van der Waals surface area contributed by atoms with E-state index in [1.165, 1.54) is 0 Å². The highest BCUT2D eigenvalue weighted by Crippen LogP contribution is 2.31. The van der Waals surface area contributed by atoms with Gasteiger partial charge in [-0.05, 0) is 55.7 Å². The number of nitrogens with one attached hydrogen (secondary N) is 2. The highest BCUT2D eigenvalue weighted by molar-refractivity contribution is 5.98. The highest BCUT2D eigenvalue weighted by atomic mass is 16.5. The van der Waals surface area contributed by atoms with Gasteiger partial charge in [0.15, 0.2) is 11.5 Å². The summed E-state index contributed by atoms with van der Waals surface area (Å²) < 4.78 is 10.6. The lowest BCUT2D eigenvalue weighted by Crippen LogP contribution is -2.26. The maximum absolute atomic E-state index is 12.6. The van der Waals surface area contributed by atoms with E-state index in [0.29, 0.717) is 22.7 Å². The number of carbonyl (C=O) groups excluding carboxylic acids is 2. The first-order chi connectivity index (χ1) is 13.0. The number of carbonyl (C=O) groups is 2. The summed E-state index contributed by atoms with van der Waals surface area (Å²) in [5.74, 6) is 1.18. The summed E-state index contributed by atoms with van der Waals surface area (Å²) in [6.07, 6.45) is 1.88. The zero-order chi connectivity index (χ0) is 19.4. The second-order valence-corrected chi connectivity index (χ2v) is 6.65. The van der Waals surface area contributed by atoms with Crippen LogP contribution in [0.1, 0.15) is 41.7 Å². The Morgan fingerprint density at radius 2 is 1.78 bits per heavy atom. The Morgan fingerprint density at radius 3 is 2.44 bits per heavy atom. The standard InChI is InChI=1S/C21H24N2O4/c1-13(15-9-10-18(26-2)19(12-15)27-3)22-21(25)16-5-4-6-17(11-16)23-20(24)14-7-8-14/h4-6,9-14H,7-8H2,1-3H3,(H,22,25)(H,23,24). The molecule has 1 saturated carbocycles. The number of hydrogen-bond acceptors (Lipinski definition) is 4. The van der Waals surface area contributed by atoms with E-state index in [2.05, 4.69) is 10.6 Å². The molecule has 1 atom stereocenters. The maximum Gasteiger partial charge on any atom is 0.251 e. The van der Waals surface area contributed by atoms with Crippen LogP contribution in [0.5, 0.6) is 11.5 Å². The van der Waals surface area contributed by atoms with Gasteiger partial charge in [-0.25, -0.2) is 0 Å². The summed E-state index contributed by atoms with van der Waals surface area (Å²) in [5.41, 5.74) is 2.04. The van der Waals surface area contributed by atoms with Gasteiger partial charge in [0.25, 0.3) is 5.91 Å². The molecule has 0 radical (unpaired) electrons. The van der Waals surface area contributed by atoms with E-state index in [1.54, 1.807) is 38.5 Å². The molecule has 0 aliphatic heterocycles. The molecule has 2 aromatic carbocycles. The van der Waals surface area contributed by atoms with Crippen LogP contribution in [-0.4, -0.2) is 26.0 Å². The van der Waals surface area contributed by atoms with Gasteiger partial charge in [-0.3, -0.25) is 9.59 Å². The molecule has 1 aliphatic carbocycles. The number of benzene rings is 2. The lowest BCUT2D eigenvalue weighted by atomic mass is 10.1. The van der Waals surface area contributed by atoms with E-state index in [9.17, 15) is 9.59 Å². The van der Waals surface area contributed by atoms with E-state index < -0.39 is 0 Å². The van der Waals surface area contributed by atoms with Crippen LogP contribution < -0.4 is 20.1 Å². The molecule has 27 heavy (non-hydrogen) atoms. The monoisotopic (exact) mass is 368 g/mol. The summed E-state index contributed by atoms with van der Waals surface area (Å²) >= 11 is 0. The van der Waals surface area contributed by atoms with Crippen molar-refractivity contribution in [2.24, 2.45) is 5.92 Å². The van der Waals surface area contributed by atoms with Crippen LogP contribution in [0, 0.1) is 5.92 Å². The predicted molar refractivity (Wildman–Crippen MR) is 103 cm³/mol. The number of methoxy groups -OCH3 is 2. The zero-order valence-corrected chi connectivity index (χ0v) is 15.7.